The maximum atomic E-state index is 13.7. The molecule has 0 aromatic heterocycles. The van der Waals surface area contributed by atoms with Crippen molar-refractivity contribution in [3.63, 3.8) is 0 Å². The van der Waals surface area contributed by atoms with Crippen LogP contribution in [-0.2, 0) is 11.3 Å². The van der Waals surface area contributed by atoms with Gasteiger partial charge in [-0.15, -0.1) is 0 Å². The first-order chi connectivity index (χ1) is 11.2. The van der Waals surface area contributed by atoms with Crippen LogP contribution in [0.2, 0.25) is 0 Å². The van der Waals surface area contributed by atoms with Crippen LogP contribution < -0.4 is 10.1 Å². The number of hydrogen-bond donors (Lipinski definition) is 1. The van der Waals surface area contributed by atoms with Gasteiger partial charge in [0.25, 0.3) is 0 Å². The minimum Gasteiger partial charge on any atom is -0.494 e. The molecule has 126 valence electrons. The molecule has 0 saturated carbocycles. The number of amides is 1. The maximum Gasteiger partial charge on any atom is 0.239 e. The van der Waals surface area contributed by atoms with Gasteiger partial charge >= 0.3 is 0 Å². The van der Waals surface area contributed by atoms with Gasteiger partial charge in [0.1, 0.15) is 0 Å². The number of carbonyl (C=O) groups is 1. The topological polar surface area (TPSA) is 44.8 Å². The summed E-state index contributed by atoms with van der Waals surface area (Å²) in [6, 6.07) is 5.09. The van der Waals surface area contributed by atoms with Crippen molar-refractivity contribution in [2.45, 2.75) is 25.4 Å². The number of rotatable bonds is 4. The summed E-state index contributed by atoms with van der Waals surface area (Å²) in [4.78, 5) is 16.6. The predicted octanol–water partition coefficient (Wildman–Crippen LogP) is 1.23. The van der Waals surface area contributed by atoms with Crippen LogP contribution in [-0.4, -0.2) is 61.6 Å². The standard InChI is InChI=1S/C17H24FN3O2/c1-23-16-5-4-13(11-14(16)18)12-20-7-9-21(10-8-20)17(22)15-3-2-6-19-15/h4-5,11,15,19H,2-3,6-10,12H2,1H3. The fourth-order valence-electron chi connectivity index (χ4n) is 3.31. The highest BCUT2D eigenvalue weighted by atomic mass is 19.1. The van der Waals surface area contributed by atoms with Crippen LogP contribution in [0.4, 0.5) is 4.39 Å². The molecule has 0 spiro atoms. The second-order valence-electron chi connectivity index (χ2n) is 6.22. The summed E-state index contributed by atoms with van der Waals surface area (Å²) >= 11 is 0. The molecule has 2 aliphatic rings. The highest BCUT2D eigenvalue weighted by molar-refractivity contribution is 5.82. The van der Waals surface area contributed by atoms with E-state index in [2.05, 4.69) is 10.2 Å². The van der Waals surface area contributed by atoms with Crippen LogP contribution >= 0.6 is 0 Å². The molecule has 1 aromatic rings. The van der Waals surface area contributed by atoms with Gasteiger partial charge < -0.3 is 15.0 Å². The second-order valence-corrected chi connectivity index (χ2v) is 6.22. The lowest BCUT2D eigenvalue weighted by atomic mass is 10.1. The molecule has 1 unspecified atom stereocenters. The van der Waals surface area contributed by atoms with E-state index < -0.39 is 0 Å². The molecule has 1 aromatic carbocycles. The lowest BCUT2D eigenvalue weighted by Gasteiger charge is -2.36. The van der Waals surface area contributed by atoms with Crippen molar-refractivity contribution in [2.24, 2.45) is 0 Å². The number of nitrogens with zero attached hydrogens (tertiary/aromatic N) is 2. The summed E-state index contributed by atoms with van der Waals surface area (Å²) in [5, 5.41) is 3.26. The average Bonchev–Trinajstić information content (AvgIpc) is 3.09. The summed E-state index contributed by atoms with van der Waals surface area (Å²) in [6.45, 7) is 4.79. The van der Waals surface area contributed by atoms with E-state index in [0.29, 0.717) is 6.54 Å². The summed E-state index contributed by atoms with van der Waals surface area (Å²) in [5.41, 5.74) is 0.931. The lowest BCUT2D eigenvalue weighted by Crippen LogP contribution is -2.52. The number of nitrogens with one attached hydrogen (secondary N) is 1. The SMILES string of the molecule is COc1ccc(CN2CCN(C(=O)C3CCCN3)CC2)cc1F. The zero-order valence-electron chi connectivity index (χ0n) is 13.6. The van der Waals surface area contributed by atoms with E-state index in [1.165, 1.54) is 13.2 Å². The molecule has 5 nitrogen and oxygen atoms in total. The number of ether oxygens (including phenoxy) is 1. The molecule has 0 bridgehead atoms. The fourth-order valence-corrected chi connectivity index (χ4v) is 3.31. The third kappa shape index (κ3) is 3.82. The van der Waals surface area contributed by atoms with E-state index in [0.717, 1.165) is 51.1 Å². The van der Waals surface area contributed by atoms with Crippen molar-refractivity contribution in [1.29, 1.82) is 0 Å². The Morgan fingerprint density at radius 2 is 2.13 bits per heavy atom. The molecule has 3 rings (SSSR count). The zero-order valence-corrected chi connectivity index (χ0v) is 13.6. The number of carbonyl (C=O) groups excluding carboxylic acids is 1. The van der Waals surface area contributed by atoms with Gasteiger partial charge in [-0.3, -0.25) is 9.69 Å². The first-order valence-corrected chi connectivity index (χ1v) is 8.24. The molecule has 0 radical (unpaired) electrons. The zero-order chi connectivity index (χ0) is 16.2. The fraction of sp³-hybridized carbons (Fsp3) is 0.588. The van der Waals surface area contributed by atoms with Crippen molar-refractivity contribution < 1.29 is 13.9 Å². The van der Waals surface area contributed by atoms with E-state index >= 15 is 0 Å². The third-order valence-electron chi connectivity index (χ3n) is 4.66. The molecule has 23 heavy (non-hydrogen) atoms. The van der Waals surface area contributed by atoms with Crippen molar-refractivity contribution >= 4 is 5.91 Å². The quantitative estimate of drug-likeness (QED) is 0.906. The van der Waals surface area contributed by atoms with Crippen LogP contribution in [0.25, 0.3) is 0 Å². The molecule has 2 saturated heterocycles. The normalized spacial score (nSPS) is 22.3. The third-order valence-corrected chi connectivity index (χ3v) is 4.66. The summed E-state index contributed by atoms with van der Waals surface area (Å²) in [5.74, 6) is 0.178. The largest absolute Gasteiger partial charge is 0.494 e. The minimum atomic E-state index is -0.328. The van der Waals surface area contributed by atoms with E-state index in [1.807, 2.05) is 11.0 Å². The Labute approximate surface area is 136 Å². The van der Waals surface area contributed by atoms with Crippen molar-refractivity contribution in [3.8, 4) is 5.75 Å². The molecule has 1 amide bonds. The Kier molecular flexibility index (Phi) is 5.13. The van der Waals surface area contributed by atoms with Crippen LogP contribution in [0.15, 0.2) is 18.2 Å². The monoisotopic (exact) mass is 321 g/mol. The first-order valence-electron chi connectivity index (χ1n) is 8.24. The average molecular weight is 321 g/mol. The van der Waals surface area contributed by atoms with E-state index in [9.17, 15) is 9.18 Å². The molecule has 2 aliphatic heterocycles. The highest BCUT2D eigenvalue weighted by Crippen LogP contribution is 2.19. The lowest BCUT2D eigenvalue weighted by molar-refractivity contribution is -0.134. The van der Waals surface area contributed by atoms with Gasteiger partial charge in [-0.25, -0.2) is 4.39 Å². The summed E-state index contributed by atoms with van der Waals surface area (Å²) in [7, 11) is 1.47. The number of hydrogen-bond acceptors (Lipinski definition) is 4. The highest BCUT2D eigenvalue weighted by Gasteiger charge is 2.29. The van der Waals surface area contributed by atoms with Gasteiger partial charge in [0.05, 0.1) is 13.2 Å². The number of methoxy groups -OCH3 is 1. The Hall–Kier alpha value is -1.66. The molecule has 2 heterocycles. The number of piperazine rings is 1. The maximum absolute atomic E-state index is 13.7. The van der Waals surface area contributed by atoms with Gasteiger partial charge in [-0.1, -0.05) is 6.07 Å². The van der Waals surface area contributed by atoms with Gasteiger partial charge in [0.2, 0.25) is 5.91 Å². The minimum absolute atomic E-state index is 0.0113. The van der Waals surface area contributed by atoms with Crippen LogP contribution in [0.3, 0.4) is 0 Å². The van der Waals surface area contributed by atoms with Crippen LogP contribution in [0.1, 0.15) is 18.4 Å². The molecule has 0 aliphatic carbocycles. The first kappa shape index (κ1) is 16.2. The van der Waals surface area contributed by atoms with Crippen LogP contribution in [0.5, 0.6) is 5.75 Å². The van der Waals surface area contributed by atoms with E-state index in [4.69, 9.17) is 4.74 Å². The van der Waals surface area contributed by atoms with E-state index in [-0.39, 0.29) is 23.5 Å². The predicted molar refractivity (Wildman–Crippen MR) is 85.8 cm³/mol. The number of halogens is 1. The van der Waals surface area contributed by atoms with E-state index in [1.54, 1.807) is 6.07 Å². The Bertz CT molecular complexity index is 553. The van der Waals surface area contributed by atoms with Gasteiger partial charge in [0, 0.05) is 32.7 Å². The molecule has 6 heteroatoms. The Balaban J connectivity index is 1.51. The Morgan fingerprint density at radius 1 is 1.35 bits per heavy atom. The van der Waals surface area contributed by atoms with Crippen LogP contribution in [0, 0.1) is 5.82 Å². The molecule has 1 N–H and O–H groups in total. The van der Waals surface area contributed by atoms with Gasteiger partial charge in [-0.2, -0.15) is 0 Å². The molecular weight excluding hydrogens is 297 g/mol. The van der Waals surface area contributed by atoms with Crippen molar-refractivity contribution in [2.75, 3.05) is 39.8 Å². The molecule has 2 fully saturated rings. The summed E-state index contributed by atoms with van der Waals surface area (Å²) in [6.07, 6.45) is 2.03. The smallest absolute Gasteiger partial charge is 0.239 e. The Morgan fingerprint density at radius 3 is 2.74 bits per heavy atom. The van der Waals surface area contributed by atoms with Gasteiger partial charge in [-0.05, 0) is 37.1 Å². The van der Waals surface area contributed by atoms with Gasteiger partial charge in [0.15, 0.2) is 11.6 Å². The van der Waals surface area contributed by atoms with Crippen molar-refractivity contribution in [3.05, 3.63) is 29.6 Å². The second kappa shape index (κ2) is 7.27. The number of benzene rings is 1. The van der Waals surface area contributed by atoms with Crippen molar-refractivity contribution in [1.82, 2.24) is 15.1 Å². The molecular formula is C17H24FN3O2. The summed E-state index contributed by atoms with van der Waals surface area (Å²) < 4.78 is 18.7. The molecule has 1 atom stereocenters.